The van der Waals surface area contributed by atoms with Gasteiger partial charge in [0.05, 0.1) is 30.0 Å². The van der Waals surface area contributed by atoms with Gasteiger partial charge in [-0.2, -0.15) is 0 Å². The molecule has 2 aromatic carbocycles. The van der Waals surface area contributed by atoms with Gasteiger partial charge in [0.25, 0.3) is 5.91 Å². The summed E-state index contributed by atoms with van der Waals surface area (Å²) in [6, 6.07) is 6.16. The van der Waals surface area contributed by atoms with Crippen molar-refractivity contribution in [1.82, 2.24) is 25.0 Å². The lowest BCUT2D eigenvalue weighted by Gasteiger charge is -2.18. The van der Waals surface area contributed by atoms with Crippen molar-refractivity contribution in [2.75, 3.05) is 11.9 Å². The first-order valence-corrected chi connectivity index (χ1v) is 10.6. The molecular formula is C23H21F3N8O. The van der Waals surface area contributed by atoms with E-state index in [1.165, 1.54) is 30.5 Å². The number of primary amides is 1. The summed E-state index contributed by atoms with van der Waals surface area (Å²) in [6.07, 6.45) is 4.79. The minimum absolute atomic E-state index is 0.0565. The molecule has 180 valence electrons. The Hall–Kier alpha value is -4.32. The molecule has 4 aromatic rings. The molecule has 12 heteroatoms. The highest BCUT2D eigenvalue weighted by molar-refractivity contribution is 5.94. The summed E-state index contributed by atoms with van der Waals surface area (Å²) in [7, 11) is 0. The maximum Gasteiger partial charge on any atom is 0.251 e. The summed E-state index contributed by atoms with van der Waals surface area (Å²) in [5, 5.41) is 10.7. The van der Waals surface area contributed by atoms with Crippen LogP contribution in [0.25, 0.3) is 11.1 Å². The van der Waals surface area contributed by atoms with E-state index in [2.05, 4.69) is 25.6 Å². The van der Waals surface area contributed by atoms with Gasteiger partial charge in [-0.05, 0) is 41.8 Å². The number of hydrogen-bond acceptors (Lipinski definition) is 7. The van der Waals surface area contributed by atoms with Crippen LogP contribution in [0.15, 0.2) is 55.0 Å². The number of nitrogens with zero attached hydrogens (tertiary/aromatic N) is 5. The second kappa shape index (κ2) is 10.3. The van der Waals surface area contributed by atoms with Crippen molar-refractivity contribution < 1.29 is 18.0 Å². The molecule has 35 heavy (non-hydrogen) atoms. The number of rotatable bonds is 9. The summed E-state index contributed by atoms with van der Waals surface area (Å²) in [4.78, 5) is 20.4. The number of nitrogens with two attached hydrogens (primary N) is 2. The van der Waals surface area contributed by atoms with Crippen LogP contribution in [-0.2, 0) is 13.0 Å². The fourth-order valence-corrected chi connectivity index (χ4v) is 3.58. The van der Waals surface area contributed by atoms with E-state index in [1.807, 2.05) is 0 Å². The Morgan fingerprint density at radius 2 is 1.89 bits per heavy atom. The molecule has 0 aliphatic heterocycles. The number of aromatic nitrogens is 5. The van der Waals surface area contributed by atoms with Gasteiger partial charge in [-0.1, -0.05) is 11.3 Å². The van der Waals surface area contributed by atoms with Crippen LogP contribution in [0, 0.1) is 17.5 Å². The first-order chi connectivity index (χ1) is 16.8. The third-order valence-corrected chi connectivity index (χ3v) is 5.19. The lowest BCUT2D eigenvalue weighted by Crippen LogP contribution is -2.19. The highest BCUT2D eigenvalue weighted by Gasteiger charge is 2.19. The summed E-state index contributed by atoms with van der Waals surface area (Å²) in [5.74, 6) is -2.90. The molecule has 2 heterocycles. The van der Waals surface area contributed by atoms with Crippen LogP contribution < -0.4 is 16.8 Å². The Balaban J connectivity index is 1.67. The maximum absolute atomic E-state index is 14.0. The number of anilines is 1. The molecule has 0 saturated carbocycles. The third-order valence-electron chi connectivity index (χ3n) is 5.19. The predicted molar refractivity (Wildman–Crippen MR) is 121 cm³/mol. The van der Waals surface area contributed by atoms with Crippen molar-refractivity contribution >= 4 is 11.9 Å². The summed E-state index contributed by atoms with van der Waals surface area (Å²) in [6.45, 7) is 0.921. The van der Waals surface area contributed by atoms with Crippen LogP contribution in [0.1, 0.15) is 27.7 Å². The smallest absolute Gasteiger partial charge is 0.251 e. The molecule has 0 saturated heterocycles. The molecule has 0 fully saturated rings. The fourth-order valence-electron chi connectivity index (χ4n) is 3.58. The molecule has 5 N–H and O–H groups in total. The number of carbonyl (C=O) groups excluding carboxylic acids is 1. The molecular weight excluding hydrogens is 461 g/mol. The number of hydrogen-bond donors (Lipinski definition) is 3. The van der Waals surface area contributed by atoms with E-state index in [-0.39, 0.29) is 17.9 Å². The first-order valence-electron chi connectivity index (χ1n) is 10.6. The molecule has 9 nitrogen and oxygen atoms in total. The molecule has 0 spiro atoms. The quantitative estimate of drug-likeness (QED) is 0.333. The second-order valence-electron chi connectivity index (χ2n) is 7.73. The molecule has 4 rings (SSSR count). The van der Waals surface area contributed by atoms with E-state index in [0.29, 0.717) is 35.5 Å². The van der Waals surface area contributed by atoms with Gasteiger partial charge in [-0.15, -0.1) is 5.10 Å². The molecule has 1 amide bonds. The van der Waals surface area contributed by atoms with E-state index < -0.39 is 29.4 Å². The molecule has 1 atom stereocenters. The average Bonchev–Trinajstić information content (AvgIpc) is 3.32. The molecule has 0 aliphatic carbocycles. The van der Waals surface area contributed by atoms with Crippen molar-refractivity contribution in [2.24, 2.45) is 11.5 Å². The van der Waals surface area contributed by atoms with Gasteiger partial charge >= 0.3 is 0 Å². The van der Waals surface area contributed by atoms with Crippen molar-refractivity contribution in [3.8, 4) is 11.1 Å². The average molecular weight is 482 g/mol. The second-order valence-corrected chi connectivity index (χ2v) is 7.73. The van der Waals surface area contributed by atoms with Gasteiger partial charge in [0.2, 0.25) is 5.95 Å². The first kappa shape index (κ1) is 23.8. The summed E-state index contributed by atoms with van der Waals surface area (Å²) in [5.41, 5.74) is 12.9. The molecule has 0 bridgehead atoms. The molecule has 0 radical (unpaired) electrons. The Morgan fingerprint density at radius 1 is 1.11 bits per heavy atom. The number of carbonyl (C=O) groups is 1. The minimum Gasteiger partial charge on any atom is -0.366 e. The van der Waals surface area contributed by atoms with Crippen molar-refractivity contribution in [1.29, 1.82) is 0 Å². The van der Waals surface area contributed by atoms with Crippen molar-refractivity contribution in [2.45, 2.75) is 19.0 Å². The van der Waals surface area contributed by atoms with Crippen LogP contribution in [0.5, 0.6) is 0 Å². The summed E-state index contributed by atoms with van der Waals surface area (Å²) >= 11 is 0. The number of amides is 1. The zero-order chi connectivity index (χ0) is 24.9. The van der Waals surface area contributed by atoms with E-state index in [0.717, 1.165) is 12.1 Å². The zero-order valence-corrected chi connectivity index (χ0v) is 18.3. The Morgan fingerprint density at radius 3 is 2.57 bits per heavy atom. The fraction of sp³-hybridized carbons (Fsp3) is 0.174. The van der Waals surface area contributed by atoms with Gasteiger partial charge in [0, 0.05) is 30.6 Å². The van der Waals surface area contributed by atoms with Crippen LogP contribution in [0.4, 0.5) is 19.1 Å². The number of benzene rings is 2. The van der Waals surface area contributed by atoms with E-state index >= 15 is 0 Å². The highest BCUT2D eigenvalue weighted by Crippen LogP contribution is 2.29. The lowest BCUT2D eigenvalue weighted by molar-refractivity contribution is 0.0996. The lowest BCUT2D eigenvalue weighted by atomic mass is 9.96. The normalized spacial score (nSPS) is 11.9. The summed E-state index contributed by atoms with van der Waals surface area (Å²) < 4.78 is 43.0. The predicted octanol–water partition coefficient (Wildman–Crippen LogP) is 2.61. The van der Waals surface area contributed by atoms with Gasteiger partial charge in [0.15, 0.2) is 0 Å². The minimum atomic E-state index is -0.933. The largest absolute Gasteiger partial charge is 0.366 e. The van der Waals surface area contributed by atoms with Gasteiger partial charge in [0.1, 0.15) is 17.5 Å². The standard InChI is InChI=1S/C23H21F3N8O/c24-15-7-13(8-16(25)11-15)9-20(27)21-18(14-1-2-19(26)17(10-14)22(28)35)12-30-23(32-21)29-3-5-34-6-4-31-33-34/h1-2,4,6-8,10-12,20H,3,5,9,27H2,(H2,28,35)(H,29,30,32)/t20-/m0/s1. The van der Waals surface area contributed by atoms with Crippen molar-refractivity contribution in [3.05, 3.63) is 89.3 Å². The topological polar surface area (TPSA) is 138 Å². The SMILES string of the molecule is NC(=O)c1cc(-c2cnc(NCCn3ccnn3)nc2[C@@H](N)Cc2cc(F)cc(F)c2)ccc1F. The van der Waals surface area contributed by atoms with Gasteiger partial charge in [-0.25, -0.2) is 23.1 Å². The Labute approximate surface area is 198 Å². The van der Waals surface area contributed by atoms with E-state index in [1.54, 1.807) is 17.1 Å². The number of nitrogens with one attached hydrogen (secondary N) is 1. The molecule has 0 aliphatic rings. The maximum atomic E-state index is 14.0. The number of halogens is 3. The Bertz CT molecular complexity index is 1330. The van der Waals surface area contributed by atoms with Crippen LogP contribution >= 0.6 is 0 Å². The van der Waals surface area contributed by atoms with Gasteiger partial charge < -0.3 is 16.8 Å². The van der Waals surface area contributed by atoms with E-state index in [4.69, 9.17) is 11.5 Å². The molecule has 0 unspecified atom stereocenters. The molecule has 2 aromatic heterocycles. The monoisotopic (exact) mass is 482 g/mol. The van der Waals surface area contributed by atoms with Crippen LogP contribution in [0.3, 0.4) is 0 Å². The van der Waals surface area contributed by atoms with Crippen molar-refractivity contribution in [3.63, 3.8) is 0 Å². The Kier molecular flexibility index (Phi) is 7.01. The van der Waals surface area contributed by atoms with E-state index in [9.17, 15) is 18.0 Å². The van der Waals surface area contributed by atoms with Crippen LogP contribution in [-0.4, -0.2) is 37.4 Å². The van der Waals surface area contributed by atoms with Gasteiger partial charge in [-0.3, -0.25) is 9.48 Å². The zero-order valence-electron chi connectivity index (χ0n) is 18.3. The van der Waals surface area contributed by atoms with Crippen LogP contribution in [0.2, 0.25) is 0 Å². The third kappa shape index (κ3) is 5.79. The highest BCUT2D eigenvalue weighted by atomic mass is 19.1.